The van der Waals surface area contributed by atoms with Crippen LogP contribution in [0.1, 0.15) is 17.9 Å². The van der Waals surface area contributed by atoms with E-state index in [2.05, 4.69) is 22.4 Å². The van der Waals surface area contributed by atoms with E-state index < -0.39 is 0 Å². The minimum atomic E-state index is 0.107. The molecule has 20 heavy (non-hydrogen) atoms. The van der Waals surface area contributed by atoms with Crippen LogP contribution in [-0.4, -0.2) is 22.7 Å². The molecule has 1 aromatic heterocycles. The Labute approximate surface area is 122 Å². The van der Waals surface area contributed by atoms with Crippen molar-refractivity contribution in [3.8, 4) is 0 Å². The fourth-order valence-electron chi connectivity index (χ4n) is 2.25. The highest BCUT2D eigenvalue weighted by molar-refractivity contribution is 8.00. The number of hydrogen-bond acceptors (Lipinski definition) is 3. The molecule has 0 saturated heterocycles. The van der Waals surface area contributed by atoms with E-state index in [0.29, 0.717) is 17.7 Å². The normalized spacial score (nSPS) is 20.4. The van der Waals surface area contributed by atoms with Crippen molar-refractivity contribution in [2.45, 2.75) is 23.3 Å². The minimum absolute atomic E-state index is 0.107. The molecule has 1 aliphatic carbocycles. The van der Waals surface area contributed by atoms with Crippen molar-refractivity contribution in [1.29, 1.82) is 0 Å². The average Bonchev–Trinajstić information content (AvgIpc) is 3.26. The van der Waals surface area contributed by atoms with Gasteiger partial charge in [0.1, 0.15) is 0 Å². The number of hydrogen-bond donors (Lipinski definition) is 1. The van der Waals surface area contributed by atoms with Gasteiger partial charge in [-0.15, -0.1) is 11.8 Å². The lowest BCUT2D eigenvalue weighted by atomic mass is 10.1. The van der Waals surface area contributed by atoms with Gasteiger partial charge in [0.2, 0.25) is 5.91 Å². The van der Waals surface area contributed by atoms with E-state index in [1.165, 1.54) is 5.56 Å². The van der Waals surface area contributed by atoms with Crippen molar-refractivity contribution in [2.75, 3.05) is 5.75 Å². The molecular formula is C16H16N2OS. The van der Waals surface area contributed by atoms with Gasteiger partial charge in [-0.2, -0.15) is 0 Å². The third kappa shape index (κ3) is 3.39. The molecule has 3 nitrogen and oxygen atoms in total. The number of rotatable bonds is 5. The summed E-state index contributed by atoms with van der Waals surface area (Å²) in [5.74, 6) is 1.06. The minimum Gasteiger partial charge on any atom is -0.352 e. The van der Waals surface area contributed by atoms with E-state index in [1.807, 2.05) is 30.3 Å². The van der Waals surface area contributed by atoms with Gasteiger partial charge in [-0.05, 0) is 24.1 Å². The number of nitrogens with zero attached hydrogens (tertiary/aromatic N) is 1. The molecule has 0 unspecified atom stereocenters. The van der Waals surface area contributed by atoms with Crippen molar-refractivity contribution in [2.24, 2.45) is 0 Å². The zero-order valence-corrected chi connectivity index (χ0v) is 11.8. The van der Waals surface area contributed by atoms with Crippen molar-refractivity contribution < 1.29 is 4.79 Å². The molecule has 0 radical (unpaired) electrons. The van der Waals surface area contributed by atoms with Crippen molar-refractivity contribution in [1.82, 2.24) is 10.3 Å². The topological polar surface area (TPSA) is 42.0 Å². The van der Waals surface area contributed by atoms with Crippen LogP contribution < -0.4 is 5.32 Å². The van der Waals surface area contributed by atoms with E-state index in [-0.39, 0.29) is 5.91 Å². The summed E-state index contributed by atoms with van der Waals surface area (Å²) in [6.07, 6.45) is 4.54. The first-order valence-electron chi connectivity index (χ1n) is 6.70. The average molecular weight is 284 g/mol. The number of thioether (sulfide) groups is 1. The Morgan fingerprint density at radius 3 is 2.70 bits per heavy atom. The Hall–Kier alpha value is -1.81. The van der Waals surface area contributed by atoms with Crippen LogP contribution in [-0.2, 0) is 4.79 Å². The summed E-state index contributed by atoms with van der Waals surface area (Å²) in [4.78, 5) is 16.9. The maximum Gasteiger partial charge on any atom is 0.230 e. The van der Waals surface area contributed by atoms with E-state index >= 15 is 0 Å². The Bertz CT molecular complexity index is 574. The van der Waals surface area contributed by atoms with Gasteiger partial charge in [-0.1, -0.05) is 30.3 Å². The first-order chi connectivity index (χ1) is 9.83. The third-order valence-corrected chi connectivity index (χ3v) is 4.40. The third-order valence-electron chi connectivity index (χ3n) is 3.38. The summed E-state index contributed by atoms with van der Waals surface area (Å²) >= 11 is 1.54. The van der Waals surface area contributed by atoms with Crippen LogP contribution in [0.15, 0.2) is 59.8 Å². The number of carbonyl (C=O) groups excluding carboxylic acids is 1. The zero-order valence-electron chi connectivity index (χ0n) is 11.0. The monoisotopic (exact) mass is 284 g/mol. The number of amides is 1. The molecule has 1 aromatic carbocycles. The van der Waals surface area contributed by atoms with Gasteiger partial charge in [-0.25, -0.2) is 0 Å². The van der Waals surface area contributed by atoms with Gasteiger partial charge in [-0.3, -0.25) is 9.78 Å². The lowest BCUT2D eigenvalue weighted by Crippen LogP contribution is -2.28. The number of aromatic nitrogens is 1. The first kappa shape index (κ1) is 13.2. The maximum absolute atomic E-state index is 11.9. The highest BCUT2D eigenvalue weighted by Gasteiger charge is 2.39. The van der Waals surface area contributed by atoms with E-state index in [4.69, 9.17) is 0 Å². The molecule has 2 atom stereocenters. The van der Waals surface area contributed by atoms with E-state index in [9.17, 15) is 4.79 Å². The summed E-state index contributed by atoms with van der Waals surface area (Å²) in [7, 11) is 0. The van der Waals surface area contributed by atoms with Crippen LogP contribution in [0.2, 0.25) is 0 Å². The summed E-state index contributed by atoms with van der Waals surface area (Å²) in [5, 5.41) is 3.10. The molecule has 2 aromatic rings. The van der Waals surface area contributed by atoms with Crippen LogP contribution in [0.25, 0.3) is 0 Å². The van der Waals surface area contributed by atoms with Crippen molar-refractivity contribution in [3.63, 3.8) is 0 Å². The predicted molar refractivity (Wildman–Crippen MR) is 80.7 cm³/mol. The highest BCUT2D eigenvalue weighted by atomic mass is 32.2. The second-order valence-corrected chi connectivity index (χ2v) is 5.95. The SMILES string of the molecule is O=C(CSc1ccncc1)N[C@H]1C[C@H]1c1ccccc1. The van der Waals surface area contributed by atoms with Gasteiger partial charge in [0, 0.05) is 29.2 Å². The van der Waals surface area contributed by atoms with E-state index in [1.54, 1.807) is 24.2 Å². The number of benzene rings is 1. The summed E-state index contributed by atoms with van der Waals surface area (Å²) in [5.41, 5.74) is 1.32. The quantitative estimate of drug-likeness (QED) is 0.858. The highest BCUT2D eigenvalue weighted by Crippen LogP contribution is 2.40. The second-order valence-electron chi connectivity index (χ2n) is 4.90. The predicted octanol–water partition coefficient (Wildman–Crippen LogP) is 2.85. The molecule has 1 heterocycles. The molecule has 1 saturated carbocycles. The Morgan fingerprint density at radius 1 is 1.20 bits per heavy atom. The van der Waals surface area contributed by atoms with E-state index in [0.717, 1.165) is 11.3 Å². The number of carbonyl (C=O) groups is 1. The van der Waals surface area contributed by atoms with Crippen molar-refractivity contribution in [3.05, 3.63) is 60.4 Å². The van der Waals surface area contributed by atoms with Gasteiger partial charge in [0.25, 0.3) is 0 Å². The molecular weight excluding hydrogens is 268 g/mol. The molecule has 1 N–H and O–H groups in total. The molecule has 1 amide bonds. The zero-order chi connectivity index (χ0) is 13.8. The van der Waals surface area contributed by atoms with Crippen molar-refractivity contribution >= 4 is 17.7 Å². The Morgan fingerprint density at radius 2 is 1.95 bits per heavy atom. The number of pyridine rings is 1. The standard InChI is InChI=1S/C16H16N2OS/c19-16(11-20-13-6-8-17-9-7-13)18-15-10-14(15)12-4-2-1-3-5-12/h1-9,14-15H,10-11H2,(H,18,19)/t14-,15-/m0/s1. The lowest BCUT2D eigenvalue weighted by Gasteiger charge is -2.05. The smallest absolute Gasteiger partial charge is 0.230 e. The molecule has 102 valence electrons. The Kier molecular flexibility index (Phi) is 4.02. The second kappa shape index (κ2) is 6.09. The molecule has 1 aliphatic rings. The van der Waals surface area contributed by atoms with Crippen LogP contribution in [0.4, 0.5) is 0 Å². The van der Waals surface area contributed by atoms with Crippen LogP contribution >= 0.6 is 11.8 Å². The van der Waals surface area contributed by atoms with Crippen LogP contribution in [0, 0.1) is 0 Å². The van der Waals surface area contributed by atoms with Gasteiger partial charge in [0.15, 0.2) is 0 Å². The molecule has 3 rings (SSSR count). The summed E-state index contributed by atoms with van der Waals surface area (Å²) in [6, 6.07) is 14.5. The maximum atomic E-state index is 11.9. The Balaban J connectivity index is 1.45. The lowest BCUT2D eigenvalue weighted by molar-refractivity contribution is -0.118. The molecule has 0 bridgehead atoms. The van der Waals surface area contributed by atoms with Crippen LogP contribution in [0.5, 0.6) is 0 Å². The molecule has 1 fully saturated rings. The first-order valence-corrected chi connectivity index (χ1v) is 7.68. The fraction of sp³-hybridized carbons (Fsp3) is 0.250. The summed E-state index contributed by atoms with van der Waals surface area (Å²) < 4.78 is 0. The largest absolute Gasteiger partial charge is 0.352 e. The summed E-state index contributed by atoms with van der Waals surface area (Å²) in [6.45, 7) is 0. The fourth-order valence-corrected chi connectivity index (χ4v) is 2.95. The molecule has 4 heteroatoms. The number of nitrogens with one attached hydrogen (secondary N) is 1. The molecule has 0 aliphatic heterocycles. The van der Waals surface area contributed by atoms with Crippen LogP contribution in [0.3, 0.4) is 0 Å². The van der Waals surface area contributed by atoms with Gasteiger partial charge in [0.05, 0.1) is 5.75 Å². The molecule has 0 spiro atoms. The van der Waals surface area contributed by atoms with Gasteiger partial charge < -0.3 is 5.32 Å². The van der Waals surface area contributed by atoms with Gasteiger partial charge >= 0.3 is 0 Å².